The first-order valence-corrected chi connectivity index (χ1v) is 5.44. The molecule has 0 saturated heterocycles. The number of carbonyl (C=O) groups is 1. The van der Waals surface area contributed by atoms with E-state index in [1.54, 1.807) is 6.07 Å². The fraction of sp³-hybridized carbons (Fsp3) is 0.364. The Balaban J connectivity index is 2.66. The van der Waals surface area contributed by atoms with E-state index in [2.05, 4.69) is 10.6 Å². The number of hydrogen-bond acceptors (Lipinski definition) is 1. The SMILES string of the molecule is CCC(C)NC(=O)Nc1cccc(Cl)c1F. The smallest absolute Gasteiger partial charge is 0.319 e. The molecule has 1 aromatic carbocycles. The summed E-state index contributed by atoms with van der Waals surface area (Å²) in [6.45, 7) is 3.82. The molecule has 0 saturated carbocycles. The topological polar surface area (TPSA) is 41.1 Å². The molecule has 1 aromatic rings. The first-order chi connectivity index (χ1) is 7.54. The highest BCUT2D eigenvalue weighted by Gasteiger charge is 2.10. The Morgan fingerprint density at radius 1 is 1.56 bits per heavy atom. The molecule has 0 aliphatic heterocycles. The van der Waals surface area contributed by atoms with Crippen LogP contribution in [0.2, 0.25) is 5.02 Å². The molecule has 16 heavy (non-hydrogen) atoms. The van der Waals surface area contributed by atoms with E-state index in [-0.39, 0.29) is 16.8 Å². The summed E-state index contributed by atoms with van der Waals surface area (Å²) in [6, 6.07) is 4.06. The molecule has 0 fully saturated rings. The average molecular weight is 245 g/mol. The first kappa shape index (κ1) is 12.8. The molecule has 0 spiro atoms. The predicted octanol–water partition coefficient (Wildman–Crippen LogP) is 3.40. The second kappa shape index (κ2) is 5.70. The zero-order valence-corrected chi connectivity index (χ0v) is 9.94. The summed E-state index contributed by atoms with van der Waals surface area (Å²) < 4.78 is 13.4. The van der Waals surface area contributed by atoms with Crippen LogP contribution in [-0.2, 0) is 0 Å². The standard InChI is InChI=1S/C11H14ClFN2O/c1-3-7(2)14-11(16)15-9-6-4-5-8(12)10(9)13/h4-7H,3H2,1-2H3,(H2,14,15,16). The molecular weight excluding hydrogens is 231 g/mol. The summed E-state index contributed by atoms with van der Waals surface area (Å²) in [7, 11) is 0. The maximum Gasteiger partial charge on any atom is 0.319 e. The fourth-order valence-corrected chi connectivity index (χ4v) is 1.26. The number of halogens is 2. The van der Waals surface area contributed by atoms with Crippen LogP contribution in [0.25, 0.3) is 0 Å². The van der Waals surface area contributed by atoms with Crippen LogP contribution in [0.1, 0.15) is 20.3 Å². The van der Waals surface area contributed by atoms with Crippen molar-refractivity contribution in [3.05, 3.63) is 29.0 Å². The van der Waals surface area contributed by atoms with Gasteiger partial charge in [0.25, 0.3) is 0 Å². The molecule has 0 heterocycles. The number of hydrogen-bond donors (Lipinski definition) is 2. The van der Waals surface area contributed by atoms with Gasteiger partial charge in [-0.1, -0.05) is 24.6 Å². The molecule has 5 heteroatoms. The van der Waals surface area contributed by atoms with Crippen molar-refractivity contribution >= 4 is 23.3 Å². The molecule has 3 nitrogen and oxygen atoms in total. The molecule has 0 radical (unpaired) electrons. The Morgan fingerprint density at radius 3 is 2.88 bits per heavy atom. The number of amides is 2. The van der Waals surface area contributed by atoms with Crippen LogP contribution in [0.4, 0.5) is 14.9 Å². The lowest BCUT2D eigenvalue weighted by Gasteiger charge is -2.13. The molecule has 0 bridgehead atoms. The number of carbonyl (C=O) groups excluding carboxylic acids is 1. The quantitative estimate of drug-likeness (QED) is 0.841. The van der Waals surface area contributed by atoms with Gasteiger partial charge in [0, 0.05) is 6.04 Å². The largest absolute Gasteiger partial charge is 0.335 e. The van der Waals surface area contributed by atoms with Gasteiger partial charge in [-0.3, -0.25) is 0 Å². The number of urea groups is 1. The monoisotopic (exact) mass is 244 g/mol. The lowest BCUT2D eigenvalue weighted by molar-refractivity contribution is 0.249. The van der Waals surface area contributed by atoms with E-state index in [9.17, 15) is 9.18 Å². The maximum absolute atomic E-state index is 13.4. The highest BCUT2D eigenvalue weighted by Crippen LogP contribution is 2.21. The van der Waals surface area contributed by atoms with Crippen LogP contribution in [0.5, 0.6) is 0 Å². The molecule has 0 aromatic heterocycles. The first-order valence-electron chi connectivity index (χ1n) is 5.06. The highest BCUT2D eigenvalue weighted by molar-refractivity contribution is 6.31. The molecule has 1 rings (SSSR count). The van der Waals surface area contributed by atoms with Crippen LogP contribution < -0.4 is 10.6 Å². The number of benzene rings is 1. The van der Waals surface area contributed by atoms with Gasteiger partial charge in [0.1, 0.15) is 0 Å². The van der Waals surface area contributed by atoms with Crippen molar-refractivity contribution < 1.29 is 9.18 Å². The number of nitrogens with one attached hydrogen (secondary N) is 2. The third kappa shape index (κ3) is 3.38. The lowest BCUT2D eigenvalue weighted by Crippen LogP contribution is -2.35. The molecule has 1 atom stereocenters. The Bertz CT molecular complexity index is 384. The van der Waals surface area contributed by atoms with E-state index >= 15 is 0 Å². The summed E-state index contributed by atoms with van der Waals surface area (Å²) in [5.41, 5.74) is 0.0771. The van der Waals surface area contributed by atoms with Crippen LogP contribution in [0.3, 0.4) is 0 Å². The lowest BCUT2D eigenvalue weighted by atomic mass is 10.3. The van der Waals surface area contributed by atoms with Crippen LogP contribution in [0.15, 0.2) is 18.2 Å². The second-order valence-electron chi connectivity index (χ2n) is 3.51. The maximum atomic E-state index is 13.4. The summed E-state index contributed by atoms with van der Waals surface area (Å²) in [5.74, 6) is -0.622. The van der Waals surface area contributed by atoms with Crippen LogP contribution >= 0.6 is 11.6 Å². The molecular formula is C11H14ClFN2O. The minimum Gasteiger partial charge on any atom is -0.335 e. The van der Waals surface area contributed by atoms with Gasteiger partial charge in [-0.25, -0.2) is 9.18 Å². The fourth-order valence-electron chi connectivity index (χ4n) is 1.08. The normalized spacial score (nSPS) is 12.0. The minimum atomic E-state index is -0.622. The van der Waals surface area contributed by atoms with Crippen molar-refractivity contribution in [2.75, 3.05) is 5.32 Å². The minimum absolute atomic E-state index is 0.0126. The summed E-state index contributed by atoms with van der Waals surface area (Å²) >= 11 is 5.58. The van der Waals surface area contributed by atoms with Gasteiger partial charge >= 0.3 is 6.03 Å². The van der Waals surface area contributed by atoms with E-state index in [1.165, 1.54) is 12.1 Å². The third-order valence-corrected chi connectivity index (χ3v) is 2.48. The van der Waals surface area contributed by atoms with E-state index in [0.717, 1.165) is 6.42 Å². The molecule has 88 valence electrons. The second-order valence-corrected chi connectivity index (χ2v) is 3.92. The van der Waals surface area contributed by atoms with Crippen molar-refractivity contribution in [1.82, 2.24) is 5.32 Å². The molecule has 0 aliphatic carbocycles. The van der Waals surface area contributed by atoms with Crippen LogP contribution in [0, 0.1) is 5.82 Å². The van der Waals surface area contributed by atoms with E-state index < -0.39 is 11.8 Å². The number of anilines is 1. The van der Waals surface area contributed by atoms with E-state index in [1.807, 2.05) is 13.8 Å². The van der Waals surface area contributed by atoms with Crippen molar-refractivity contribution in [1.29, 1.82) is 0 Å². The predicted molar refractivity (Wildman–Crippen MR) is 63.3 cm³/mol. The van der Waals surface area contributed by atoms with Gasteiger partial charge in [-0.05, 0) is 25.5 Å². The number of rotatable bonds is 3. The van der Waals surface area contributed by atoms with Gasteiger partial charge in [0.05, 0.1) is 10.7 Å². The summed E-state index contributed by atoms with van der Waals surface area (Å²) in [5, 5.41) is 5.06. The zero-order valence-electron chi connectivity index (χ0n) is 9.18. The van der Waals surface area contributed by atoms with Gasteiger partial charge in [-0.15, -0.1) is 0 Å². The van der Waals surface area contributed by atoms with E-state index in [4.69, 9.17) is 11.6 Å². The molecule has 2 N–H and O–H groups in total. The van der Waals surface area contributed by atoms with Crippen molar-refractivity contribution in [2.24, 2.45) is 0 Å². The van der Waals surface area contributed by atoms with Gasteiger partial charge < -0.3 is 10.6 Å². The van der Waals surface area contributed by atoms with Crippen molar-refractivity contribution in [2.45, 2.75) is 26.3 Å². The van der Waals surface area contributed by atoms with Gasteiger partial charge in [0.15, 0.2) is 5.82 Å². The average Bonchev–Trinajstić information content (AvgIpc) is 2.24. The van der Waals surface area contributed by atoms with Gasteiger partial charge in [0.2, 0.25) is 0 Å². The van der Waals surface area contributed by atoms with Crippen molar-refractivity contribution in [3.8, 4) is 0 Å². The Morgan fingerprint density at radius 2 is 2.25 bits per heavy atom. The highest BCUT2D eigenvalue weighted by atomic mass is 35.5. The summed E-state index contributed by atoms with van der Waals surface area (Å²) in [6.07, 6.45) is 0.811. The zero-order chi connectivity index (χ0) is 12.1. The van der Waals surface area contributed by atoms with Gasteiger partial charge in [-0.2, -0.15) is 0 Å². The molecule has 0 aliphatic rings. The Hall–Kier alpha value is -1.29. The Kier molecular flexibility index (Phi) is 4.55. The molecule has 1 unspecified atom stereocenters. The summed E-state index contributed by atoms with van der Waals surface area (Å²) in [4.78, 5) is 11.4. The van der Waals surface area contributed by atoms with E-state index in [0.29, 0.717) is 0 Å². The van der Waals surface area contributed by atoms with Crippen molar-refractivity contribution in [3.63, 3.8) is 0 Å². The van der Waals surface area contributed by atoms with Crippen LogP contribution in [-0.4, -0.2) is 12.1 Å². The third-order valence-electron chi connectivity index (χ3n) is 2.19. The Labute approximate surface area is 99.0 Å². The molecule has 2 amide bonds.